The Hall–Kier alpha value is -0.200. The SMILES string of the molecule is CCNCc1ccc(CN(C)Cc2cc(Br)cs2)c(Br)c1. The van der Waals surface area contributed by atoms with E-state index < -0.39 is 0 Å². The molecule has 1 aromatic heterocycles. The number of rotatable bonds is 7. The van der Waals surface area contributed by atoms with E-state index in [1.165, 1.54) is 24.9 Å². The highest BCUT2D eigenvalue weighted by Crippen LogP contribution is 2.23. The smallest absolute Gasteiger partial charge is 0.0328 e. The monoisotopic (exact) mass is 430 g/mol. The molecule has 0 fully saturated rings. The van der Waals surface area contributed by atoms with Crippen molar-refractivity contribution in [3.63, 3.8) is 0 Å². The molecule has 1 aromatic carbocycles. The zero-order valence-electron chi connectivity index (χ0n) is 12.3. The van der Waals surface area contributed by atoms with Crippen LogP contribution < -0.4 is 5.32 Å². The van der Waals surface area contributed by atoms with Crippen molar-refractivity contribution in [3.05, 3.63) is 54.6 Å². The van der Waals surface area contributed by atoms with Crippen LogP contribution in [0.1, 0.15) is 22.9 Å². The molecule has 0 aliphatic heterocycles. The van der Waals surface area contributed by atoms with Gasteiger partial charge < -0.3 is 5.32 Å². The van der Waals surface area contributed by atoms with Gasteiger partial charge in [0.2, 0.25) is 0 Å². The van der Waals surface area contributed by atoms with Crippen LogP contribution in [0, 0.1) is 0 Å². The average molecular weight is 432 g/mol. The summed E-state index contributed by atoms with van der Waals surface area (Å²) in [4.78, 5) is 3.71. The molecule has 0 amide bonds. The molecule has 0 atom stereocenters. The van der Waals surface area contributed by atoms with E-state index in [1.807, 2.05) is 0 Å². The van der Waals surface area contributed by atoms with Crippen LogP contribution in [0.25, 0.3) is 0 Å². The van der Waals surface area contributed by atoms with Crippen molar-refractivity contribution >= 4 is 43.2 Å². The van der Waals surface area contributed by atoms with E-state index in [4.69, 9.17) is 0 Å². The number of benzene rings is 1. The highest BCUT2D eigenvalue weighted by Gasteiger charge is 2.07. The van der Waals surface area contributed by atoms with Crippen molar-refractivity contribution in [3.8, 4) is 0 Å². The maximum Gasteiger partial charge on any atom is 0.0328 e. The third-order valence-corrected chi connectivity index (χ3v) is 5.60. The Balaban J connectivity index is 1.95. The summed E-state index contributed by atoms with van der Waals surface area (Å²) in [7, 11) is 2.16. The van der Waals surface area contributed by atoms with Gasteiger partial charge in [-0.05, 0) is 52.8 Å². The molecule has 0 unspecified atom stereocenters. The Labute approximate surface area is 147 Å². The average Bonchev–Trinajstić information content (AvgIpc) is 2.84. The molecule has 1 N–H and O–H groups in total. The largest absolute Gasteiger partial charge is 0.313 e. The molecule has 0 aliphatic rings. The van der Waals surface area contributed by atoms with E-state index in [-0.39, 0.29) is 0 Å². The Morgan fingerprint density at radius 2 is 2.00 bits per heavy atom. The predicted molar refractivity (Wildman–Crippen MR) is 98.7 cm³/mol. The fourth-order valence-corrected chi connectivity index (χ4v) is 4.23. The second kappa shape index (κ2) is 8.44. The number of thiophene rings is 1. The van der Waals surface area contributed by atoms with Crippen LogP contribution >= 0.6 is 43.2 Å². The second-order valence-electron chi connectivity index (χ2n) is 5.11. The molecular formula is C16H20Br2N2S. The molecule has 0 aliphatic carbocycles. The molecule has 2 aromatic rings. The van der Waals surface area contributed by atoms with Crippen molar-refractivity contribution in [2.45, 2.75) is 26.6 Å². The lowest BCUT2D eigenvalue weighted by Gasteiger charge is -2.17. The summed E-state index contributed by atoms with van der Waals surface area (Å²) < 4.78 is 2.36. The maximum absolute atomic E-state index is 3.70. The molecular weight excluding hydrogens is 412 g/mol. The summed E-state index contributed by atoms with van der Waals surface area (Å²) in [6.45, 7) is 5.97. The standard InChI is InChI=1S/C16H20Br2N2S/c1-3-19-8-12-4-5-13(16(18)6-12)9-20(2)10-15-7-14(17)11-21-15/h4-7,11,19H,3,8-10H2,1-2H3. The minimum absolute atomic E-state index is 0.925. The molecule has 5 heteroatoms. The number of nitrogens with one attached hydrogen (secondary N) is 1. The first-order valence-electron chi connectivity index (χ1n) is 6.98. The van der Waals surface area contributed by atoms with E-state index >= 15 is 0 Å². The summed E-state index contributed by atoms with van der Waals surface area (Å²) in [5.74, 6) is 0. The van der Waals surface area contributed by atoms with Crippen molar-refractivity contribution in [2.24, 2.45) is 0 Å². The zero-order valence-corrected chi connectivity index (χ0v) is 16.3. The Bertz CT molecular complexity index is 583. The number of hydrogen-bond acceptors (Lipinski definition) is 3. The van der Waals surface area contributed by atoms with Crippen LogP contribution in [0.15, 0.2) is 38.6 Å². The van der Waals surface area contributed by atoms with Gasteiger partial charge in [-0.15, -0.1) is 11.3 Å². The van der Waals surface area contributed by atoms with Crippen molar-refractivity contribution < 1.29 is 0 Å². The van der Waals surface area contributed by atoms with Crippen LogP contribution in [0.5, 0.6) is 0 Å². The van der Waals surface area contributed by atoms with E-state index in [1.54, 1.807) is 11.3 Å². The van der Waals surface area contributed by atoms with Gasteiger partial charge in [-0.25, -0.2) is 0 Å². The Morgan fingerprint density at radius 1 is 1.19 bits per heavy atom. The van der Waals surface area contributed by atoms with Crippen molar-refractivity contribution in [1.29, 1.82) is 0 Å². The van der Waals surface area contributed by atoms with E-state index in [0.29, 0.717) is 0 Å². The third kappa shape index (κ3) is 5.49. The molecule has 1 heterocycles. The minimum atomic E-state index is 0.925. The topological polar surface area (TPSA) is 15.3 Å². The lowest BCUT2D eigenvalue weighted by Crippen LogP contribution is -2.17. The van der Waals surface area contributed by atoms with Crippen LogP contribution in [-0.2, 0) is 19.6 Å². The van der Waals surface area contributed by atoms with Gasteiger partial charge in [0.05, 0.1) is 0 Å². The summed E-state index contributed by atoms with van der Waals surface area (Å²) in [5.41, 5.74) is 2.64. The van der Waals surface area contributed by atoms with Crippen LogP contribution in [0.3, 0.4) is 0 Å². The van der Waals surface area contributed by atoms with Gasteiger partial charge in [-0.3, -0.25) is 4.90 Å². The minimum Gasteiger partial charge on any atom is -0.313 e. The van der Waals surface area contributed by atoms with Gasteiger partial charge >= 0.3 is 0 Å². The van der Waals surface area contributed by atoms with Crippen LogP contribution in [-0.4, -0.2) is 18.5 Å². The van der Waals surface area contributed by atoms with Gasteiger partial charge in [0, 0.05) is 38.8 Å². The van der Waals surface area contributed by atoms with E-state index in [0.717, 1.165) is 26.2 Å². The molecule has 0 spiro atoms. The summed E-state index contributed by atoms with van der Waals surface area (Å²) in [6, 6.07) is 8.83. The number of nitrogens with zero attached hydrogens (tertiary/aromatic N) is 1. The lowest BCUT2D eigenvalue weighted by molar-refractivity contribution is 0.321. The number of halogens is 2. The highest BCUT2D eigenvalue weighted by atomic mass is 79.9. The van der Waals surface area contributed by atoms with Crippen LogP contribution in [0.2, 0.25) is 0 Å². The maximum atomic E-state index is 3.70. The quantitative estimate of drug-likeness (QED) is 0.662. The fraction of sp³-hybridized carbons (Fsp3) is 0.375. The second-order valence-corrected chi connectivity index (χ2v) is 7.88. The molecule has 2 nitrogen and oxygen atoms in total. The van der Waals surface area contributed by atoms with Crippen LogP contribution in [0.4, 0.5) is 0 Å². The number of hydrogen-bond donors (Lipinski definition) is 1. The molecule has 0 saturated heterocycles. The van der Waals surface area contributed by atoms with Gasteiger partial charge in [-0.1, -0.05) is 35.0 Å². The third-order valence-electron chi connectivity index (χ3n) is 3.18. The van der Waals surface area contributed by atoms with Crippen molar-refractivity contribution in [2.75, 3.05) is 13.6 Å². The van der Waals surface area contributed by atoms with Gasteiger partial charge in [0.25, 0.3) is 0 Å². The zero-order chi connectivity index (χ0) is 15.2. The van der Waals surface area contributed by atoms with Crippen molar-refractivity contribution in [1.82, 2.24) is 10.2 Å². The molecule has 21 heavy (non-hydrogen) atoms. The highest BCUT2D eigenvalue weighted by molar-refractivity contribution is 9.10. The first-order chi connectivity index (χ1) is 10.1. The molecule has 2 rings (SSSR count). The Morgan fingerprint density at radius 3 is 2.62 bits per heavy atom. The van der Waals surface area contributed by atoms with E-state index in [9.17, 15) is 0 Å². The van der Waals surface area contributed by atoms with Gasteiger partial charge in [0.1, 0.15) is 0 Å². The molecule has 0 saturated carbocycles. The first-order valence-corrected chi connectivity index (χ1v) is 9.44. The summed E-state index contributed by atoms with van der Waals surface area (Å²) in [6.07, 6.45) is 0. The van der Waals surface area contributed by atoms with Gasteiger partial charge in [-0.2, -0.15) is 0 Å². The summed E-state index contributed by atoms with van der Waals surface area (Å²) in [5, 5.41) is 5.49. The predicted octanol–water partition coefficient (Wildman–Crippen LogP) is 5.01. The Kier molecular flexibility index (Phi) is 6.89. The molecule has 114 valence electrons. The first kappa shape index (κ1) is 17.2. The molecule has 0 bridgehead atoms. The fourth-order valence-electron chi connectivity index (χ4n) is 2.15. The van der Waals surface area contributed by atoms with E-state index in [2.05, 4.69) is 85.7 Å². The lowest BCUT2D eigenvalue weighted by atomic mass is 10.1. The summed E-state index contributed by atoms with van der Waals surface area (Å²) >= 11 is 9.00. The molecule has 0 radical (unpaired) electrons. The normalized spacial score (nSPS) is 11.3. The van der Waals surface area contributed by atoms with Gasteiger partial charge in [0.15, 0.2) is 0 Å².